The van der Waals surface area contributed by atoms with E-state index in [0.717, 1.165) is 22.3 Å². The number of carbonyl (C=O) groups is 9. The highest BCUT2D eigenvalue weighted by molar-refractivity contribution is 5.96. The van der Waals surface area contributed by atoms with Gasteiger partial charge in [-0.3, -0.25) is 38.4 Å². The molecule has 0 bridgehead atoms. The number of benzene rings is 4. The molecular formula is C69H98N8O10. The topological polar surface area (TPSA) is 326 Å². The number of unbranched alkanes of at least 4 members (excludes halogenated alkanes) is 2. The van der Waals surface area contributed by atoms with Gasteiger partial charge in [-0.15, -0.1) is 0 Å². The molecule has 0 fully saturated rings. The highest BCUT2D eigenvalue weighted by Gasteiger charge is 2.35. The van der Waals surface area contributed by atoms with Gasteiger partial charge in [-0.25, -0.2) is 4.79 Å². The van der Waals surface area contributed by atoms with Crippen molar-refractivity contribution in [1.29, 1.82) is 0 Å². The van der Waals surface area contributed by atoms with Crippen molar-refractivity contribution >= 4 is 52.7 Å². The molecule has 87 heavy (non-hydrogen) atoms. The van der Waals surface area contributed by atoms with Crippen LogP contribution in [0, 0.1) is 35.5 Å². The van der Waals surface area contributed by atoms with Crippen LogP contribution < -0.4 is 44.2 Å². The minimum atomic E-state index is -1.33. The first-order valence-corrected chi connectivity index (χ1v) is 31.3. The van der Waals surface area contributed by atoms with Crippen LogP contribution in [-0.2, 0) is 68.8 Å². The minimum Gasteiger partial charge on any atom is -0.480 e. The van der Waals surface area contributed by atoms with Crippen LogP contribution in [0.25, 0.3) is 0 Å². The van der Waals surface area contributed by atoms with Crippen LogP contribution >= 0.6 is 0 Å². The molecular weight excluding hydrogens is 1100 g/mol. The van der Waals surface area contributed by atoms with Crippen LogP contribution in [0.15, 0.2) is 121 Å². The molecule has 13 N–H and O–H groups in total. The summed E-state index contributed by atoms with van der Waals surface area (Å²) < 4.78 is 0. The molecule has 0 saturated heterocycles. The molecule has 0 aliphatic carbocycles. The monoisotopic (exact) mass is 1200 g/mol. The Kier molecular flexibility index (Phi) is 32.8. The van der Waals surface area contributed by atoms with Gasteiger partial charge in [-0.2, -0.15) is 0 Å². The van der Waals surface area contributed by atoms with Gasteiger partial charge in [0.1, 0.15) is 6.04 Å². The highest BCUT2D eigenvalue weighted by Crippen LogP contribution is 2.23. The van der Waals surface area contributed by atoms with Gasteiger partial charge in [-0.05, 0) is 131 Å². The average Bonchev–Trinajstić information content (AvgIpc) is 3.29. The molecule has 4 amide bonds. The number of carboxylic acids is 1. The Bertz CT molecular complexity index is 2750. The number of carbonyl (C=O) groups excluding carboxylic acids is 8. The summed E-state index contributed by atoms with van der Waals surface area (Å²) in [5, 5.41) is 21.8. The van der Waals surface area contributed by atoms with E-state index in [1.807, 2.05) is 149 Å². The molecule has 4 aromatic carbocycles. The second kappa shape index (κ2) is 39.5. The maximum absolute atomic E-state index is 14.3. The van der Waals surface area contributed by atoms with Gasteiger partial charge in [0.15, 0.2) is 23.1 Å². The maximum Gasteiger partial charge on any atom is 0.326 e. The van der Waals surface area contributed by atoms with E-state index < -0.39 is 83.4 Å². The zero-order valence-corrected chi connectivity index (χ0v) is 51.7. The third-order valence-electron chi connectivity index (χ3n) is 15.8. The van der Waals surface area contributed by atoms with Crippen molar-refractivity contribution in [3.05, 3.63) is 144 Å². The smallest absolute Gasteiger partial charge is 0.326 e. The van der Waals surface area contributed by atoms with Crippen molar-refractivity contribution in [3.63, 3.8) is 0 Å². The Balaban J connectivity index is 1.38. The quantitative estimate of drug-likeness (QED) is 0.0208. The van der Waals surface area contributed by atoms with E-state index >= 15 is 0 Å². The molecule has 4 rings (SSSR count). The van der Waals surface area contributed by atoms with Crippen molar-refractivity contribution in [2.75, 3.05) is 19.6 Å². The summed E-state index contributed by atoms with van der Waals surface area (Å²) in [6.45, 7) is 8.41. The fourth-order valence-electron chi connectivity index (χ4n) is 10.8. The largest absolute Gasteiger partial charge is 0.480 e. The number of hydrogen-bond donors (Lipinski definition) is 9. The lowest BCUT2D eigenvalue weighted by molar-refractivity contribution is -0.143. The first-order valence-electron chi connectivity index (χ1n) is 31.3. The van der Waals surface area contributed by atoms with E-state index in [4.69, 9.17) is 22.9 Å². The molecule has 0 aromatic heterocycles. The number of carboxylic acid groups (broad SMARTS) is 1. The van der Waals surface area contributed by atoms with Crippen molar-refractivity contribution < 1.29 is 48.3 Å². The Morgan fingerprint density at radius 3 is 1.10 bits per heavy atom. The van der Waals surface area contributed by atoms with E-state index in [9.17, 15) is 48.3 Å². The molecule has 0 unspecified atom stereocenters. The molecule has 18 nitrogen and oxygen atoms in total. The van der Waals surface area contributed by atoms with E-state index in [-0.39, 0.29) is 112 Å². The second-order valence-electron chi connectivity index (χ2n) is 24.2. The lowest BCUT2D eigenvalue weighted by Crippen LogP contribution is -2.48. The van der Waals surface area contributed by atoms with Gasteiger partial charge >= 0.3 is 5.97 Å². The fraction of sp³-hybridized carbons (Fsp3) is 0.522. The summed E-state index contributed by atoms with van der Waals surface area (Å²) in [5.74, 6) is -8.00. The number of hydrogen-bond acceptors (Lipinski definition) is 13. The summed E-state index contributed by atoms with van der Waals surface area (Å²) in [6, 6.07) is 32.4. The number of amides is 4. The summed E-state index contributed by atoms with van der Waals surface area (Å²) in [4.78, 5) is 125. The first-order chi connectivity index (χ1) is 41.7. The zero-order chi connectivity index (χ0) is 63.7. The van der Waals surface area contributed by atoms with Gasteiger partial charge in [0, 0.05) is 55.9 Å². The molecule has 0 aliphatic heterocycles. The normalized spacial score (nSPS) is 14.5. The zero-order valence-electron chi connectivity index (χ0n) is 51.7. The van der Waals surface area contributed by atoms with Crippen molar-refractivity contribution in [2.45, 2.75) is 173 Å². The number of nitrogens with two attached hydrogens (primary N) is 4. The number of Topliss-reactive ketones (excluding diaryl/α,β-unsaturated/α-hetero) is 4. The molecule has 9 atom stereocenters. The van der Waals surface area contributed by atoms with Gasteiger partial charge in [0.05, 0.1) is 24.2 Å². The third kappa shape index (κ3) is 27.6. The Morgan fingerprint density at radius 2 is 0.724 bits per heavy atom. The Labute approximate surface area is 515 Å². The fourth-order valence-corrected chi connectivity index (χ4v) is 10.8. The highest BCUT2D eigenvalue weighted by atomic mass is 16.4. The number of ketones is 4. The lowest BCUT2D eigenvalue weighted by Gasteiger charge is -2.26. The second-order valence-corrected chi connectivity index (χ2v) is 24.2. The number of nitrogens with one attached hydrogen (secondary N) is 4. The van der Waals surface area contributed by atoms with Crippen molar-refractivity contribution in [1.82, 2.24) is 21.3 Å². The van der Waals surface area contributed by atoms with Gasteiger partial charge in [0.2, 0.25) is 23.6 Å². The average molecular weight is 1200 g/mol. The minimum absolute atomic E-state index is 0.00187. The van der Waals surface area contributed by atoms with Gasteiger partial charge in [0.25, 0.3) is 0 Å². The molecule has 0 heterocycles. The molecule has 0 spiro atoms. The van der Waals surface area contributed by atoms with E-state index in [2.05, 4.69) is 21.3 Å². The van der Waals surface area contributed by atoms with E-state index in [1.54, 1.807) is 0 Å². The Hall–Kier alpha value is -7.25. The molecule has 18 heteroatoms. The predicted molar refractivity (Wildman–Crippen MR) is 339 cm³/mol. The van der Waals surface area contributed by atoms with Crippen LogP contribution in [0.2, 0.25) is 0 Å². The van der Waals surface area contributed by atoms with Gasteiger partial charge in [-0.1, -0.05) is 155 Å². The van der Waals surface area contributed by atoms with Crippen LogP contribution in [-0.4, -0.2) is 108 Å². The summed E-state index contributed by atoms with van der Waals surface area (Å²) in [6.07, 6.45) is 3.58. The van der Waals surface area contributed by atoms with E-state index in [1.165, 1.54) is 0 Å². The molecule has 0 radical (unpaired) electrons. The molecule has 0 aliphatic rings. The summed E-state index contributed by atoms with van der Waals surface area (Å²) in [5.41, 5.74) is 27.9. The van der Waals surface area contributed by atoms with Crippen LogP contribution in [0.4, 0.5) is 0 Å². The molecule has 4 aromatic rings. The van der Waals surface area contributed by atoms with Crippen LogP contribution in [0.1, 0.15) is 140 Å². The SMILES string of the molecule is CC(C)C[C@@H](NC(=O)[C@H](CC(=O)[C@H](N)Cc1ccccc1)Cc1ccccc1)C(=O)C[C@H](CCCCN)C(=O)NCCCC[C@H](NC(=O)[C@@H](CCCN)CC(=O)[C@@H](CC(C)C)NC(=O)[C@H](CC(=O)[C@H](N)Cc1ccccc1)Cc1ccccc1)C(=O)O. The van der Waals surface area contributed by atoms with Crippen molar-refractivity contribution in [2.24, 2.45) is 58.4 Å². The van der Waals surface area contributed by atoms with Crippen LogP contribution in [0.3, 0.4) is 0 Å². The standard InChI is InChI=1S/C69H98N8O10/c1-46(2)36-59(76-67(84)54(38-48-22-9-5-10-23-48)44-61(78)56(72)40-50-26-13-7-14-27-50)63(80)42-52(30-17-19-33-70)65(82)74-35-20-18-32-58(69(86)87)75-66(83)53(31-21-34-71)43-64(81)60(37-47(3)4)77-68(85)55(39-49-24-11-6-12-25-49)45-62(79)57(73)41-51-28-15-8-16-29-51/h5-16,22-29,46-47,52-60H,17-21,30-45,70-73H2,1-4H3,(H,74,82)(H,75,83)(H,76,84)(H,77,85)(H,86,87)/t52-,53-,54-,55-,56+,57+,58-,59+,60+/m0/s1. The lowest BCUT2D eigenvalue weighted by atomic mass is 9.87. The number of rotatable bonds is 44. The summed E-state index contributed by atoms with van der Waals surface area (Å²) >= 11 is 0. The Morgan fingerprint density at radius 1 is 0.391 bits per heavy atom. The van der Waals surface area contributed by atoms with Crippen LogP contribution in [0.5, 0.6) is 0 Å². The molecule has 0 saturated carbocycles. The molecule has 474 valence electrons. The van der Waals surface area contributed by atoms with Crippen molar-refractivity contribution in [3.8, 4) is 0 Å². The first kappa shape index (κ1) is 72.2. The predicted octanol–water partition coefficient (Wildman–Crippen LogP) is 6.70. The third-order valence-corrected chi connectivity index (χ3v) is 15.8. The van der Waals surface area contributed by atoms with Gasteiger partial charge < -0.3 is 49.3 Å². The number of aliphatic carboxylic acids is 1. The maximum atomic E-state index is 14.3. The summed E-state index contributed by atoms with van der Waals surface area (Å²) in [7, 11) is 0. The van der Waals surface area contributed by atoms with E-state index in [0.29, 0.717) is 57.9 Å².